The summed E-state index contributed by atoms with van der Waals surface area (Å²) in [6.07, 6.45) is 0. The van der Waals surface area contributed by atoms with Gasteiger partial charge in [0.05, 0.1) is 16.6 Å². The highest BCUT2D eigenvalue weighted by Crippen LogP contribution is 2.25. The number of aryl methyl sites for hydroxylation is 2. The van der Waals surface area contributed by atoms with Crippen molar-refractivity contribution in [2.75, 3.05) is 5.32 Å². The summed E-state index contributed by atoms with van der Waals surface area (Å²) in [6.45, 7) is 5.65. The molecule has 3 rings (SSSR count). The topological polar surface area (TPSA) is 72.7 Å². The van der Waals surface area contributed by atoms with Crippen LogP contribution in [0.4, 0.5) is 14.5 Å². The summed E-state index contributed by atoms with van der Waals surface area (Å²) >= 11 is 1.14. The fourth-order valence-electron chi connectivity index (χ4n) is 2.31. The van der Waals surface area contributed by atoms with Crippen LogP contribution in [0.1, 0.15) is 18.1 Å². The summed E-state index contributed by atoms with van der Waals surface area (Å²) < 4.78 is 28.2. The number of aromatic nitrogens is 4. The first-order valence-corrected chi connectivity index (χ1v) is 9.01. The number of thioether (sulfide) groups is 1. The average molecular weight is 389 g/mol. The van der Waals surface area contributed by atoms with Crippen molar-refractivity contribution in [2.24, 2.45) is 0 Å². The lowest BCUT2D eigenvalue weighted by Gasteiger charge is -2.12. The summed E-state index contributed by atoms with van der Waals surface area (Å²) in [5.41, 5.74) is 2.94. The minimum Gasteiger partial charge on any atom is -0.323 e. The van der Waals surface area contributed by atoms with Gasteiger partial charge in [-0.3, -0.25) is 4.79 Å². The zero-order valence-electron chi connectivity index (χ0n) is 14.9. The molecule has 0 saturated carbocycles. The van der Waals surface area contributed by atoms with Crippen molar-refractivity contribution < 1.29 is 13.6 Å². The molecule has 0 fully saturated rings. The number of carbonyl (C=O) groups is 1. The largest absolute Gasteiger partial charge is 0.323 e. The number of halogens is 2. The fourth-order valence-corrected chi connectivity index (χ4v) is 3.12. The van der Waals surface area contributed by atoms with Crippen LogP contribution in [0, 0.1) is 25.5 Å². The number of anilines is 1. The number of amides is 1. The van der Waals surface area contributed by atoms with Gasteiger partial charge in [-0.25, -0.2) is 8.78 Å². The summed E-state index contributed by atoms with van der Waals surface area (Å²) in [4.78, 5) is 12.4. The van der Waals surface area contributed by atoms with Crippen LogP contribution in [0.15, 0.2) is 41.6 Å². The summed E-state index contributed by atoms with van der Waals surface area (Å²) in [5, 5.41) is 13.9. The zero-order chi connectivity index (χ0) is 19.6. The van der Waals surface area contributed by atoms with Crippen LogP contribution >= 0.6 is 11.8 Å². The number of rotatable bonds is 5. The Kier molecular flexibility index (Phi) is 5.50. The standard InChI is InChI=1S/C18H17F2N5OS/c1-10-4-6-14(8-11(10)2)25-18(22-23-24-25)27-12(3)17(26)21-16-7-5-13(19)9-15(16)20/h4-9,12H,1-3H3,(H,21,26)/t12-/m0/s1. The minimum absolute atomic E-state index is 0.0809. The van der Waals surface area contributed by atoms with Gasteiger partial charge in [0.2, 0.25) is 11.1 Å². The summed E-state index contributed by atoms with van der Waals surface area (Å²) in [6, 6.07) is 8.79. The van der Waals surface area contributed by atoms with Crippen LogP contribution in [0.3, 0.4) is 0 Å². The number of hydrogen-bond donors (Lipinski definition) is 1. The van der Waals surface area contributed by atoms with Gasteiger partial charge >= 0.3 is 0 Å². The Morgan fingerprint density at radius 3 is 2.63 bits per heavy atom. The van der Waals surface area contributed by atoms with E-state index in [1.165, 1.54) is 6.07 Å². The third kappa shape index (κ3) is 4.30. The Morgan fingerprint density at radius 1 is 1.15 bits per heavy atom. The molecule has 1 heterocycles. The maximum Gasteiger partial charge on any atom is 0.237 e. The van der Waals surface area contributed by atoms with E-state index in [2.05, 4.69) is 20.8 Å². The first-order valence-electron chi connectivity index (χ1n) is 8.13. The highest BCUT2D eigenvalue weighted by Gasteiger charge is 2.20. The SMILES string of the molecule is Cc1ccc(-n2nnnc2S[C@@H](C)C(=O)Nc2ccc(F)cc2F)cc1C. The molecule has 1 amide bonds. The quantitative estimate of drug-likeness (QED) is 0.674. The lowest BCUT2D eigenvalue weighted by molar-refractivity contribution is -0.115. The Labute approximate surface area is 159 Å². The second kappa shape index (κ2) is 7.83. The average Bonchev–Trinajstić information content (AvgIpc) is 3.07. The Balaban J connectivity index is 1.74. The zero-order valence-corrected chi connectivity index (χ0v) is 15.7. The molecule has 1 N–H and O–H groups in total. The third-order valence-corrected chi connectivity index (χ3v) is 5.05. The van der Waals surface area contributed by atoms with Gasteiger partial charge in [-0.15, -0.1) is 5.10 Å². The minimum atomic E-state index is -0.833. The van der Waals surface area contributed by atoms with E-state index >= 15 is 0 Å². The summed E-state index contributed by atoms with van der Waals surface area (Å²) in [5.74, 6) is -1.99. The van der Waals surface area contributed by atoms with Crippen molar-refractivity contribution in [2.45, 2.75) is 31.2 Å². The van der Waals surface area contributed by atoms with Gasteiger partial charge in [0.15, 0.2) is 0 Å². The molecule has 0 aliphatic rings. The van der Waals surface area contributed by atoms with Gasteiger partial charge in [0.1, 0.15) is 11.6 Å². The predicted molar refractivity (Wildman–Crippen MR) is 98.9 cm³/mol. The van der Waals surface area contributed by atoms with Crippen molar-refractivity contribution in [3.63, 3.8) is 0 Å². The van der Waals surface area contributed by atoms with E-state index in [-0.39, 0.29) is 5.69 Å². The molecule has 9 heteroatoms. The second-order valence-corrected chi connectivity index (χ2v) is 7.32. The van der Waals surface area contributed by atoms with E-state index in [9.17, 15) is 13.6 Å². The van der Waals surface area contributed by atoms with E-state index < -0.39 is 22.8 Å². The first-order chi connectivity index (χ1) is 12.8. The van der Waals surface area contributed by atoms with Crippen LogP contribution in [0.5, 0.6) is 0 Å². The molecular formula is C18H17F2N5OS. The molecule has 3 aromatic rings. The highest BCUT2D eigenvalue weighted by molar-refractivity contribution is 8.00. The molecule has 0 saturated heterocycles. The monoisotopic (exact) mass is 389 g/mol. The van der Waals surface area contributed by atoms with E-state index in [1.54, 1.807) is 11.6 Å². The van der Waals surface area contributed by atoms with E-state index in [0.29, 0.717) is 11.2 Å². The van der Waals surface area contributed by atoms with Gasteiger partial charge in [0.25, 0.3) is 0 Å². The van der Waals surface area contributed by atoms with Crippen molar-refractivity contribution in [3.05, 3.63) is 59.2 Å². The van der Waals surface area contributed by atoms with Gasteiger partial charge < -0.3 is 5.32 Å². The molecule has 6 nitrogen and oxygen atoms in total. The fraction of sp³-hybridized carbons (Fsp3) is 0.222. The van der Waals surface area contributed by atoms with Crippen LogP contribution in [0.25, 0.3) is 5.69 Å². The number of benzene rings is 2. The molecule has 0 unspecified atom stereocenters. The third-order valence-electron chi connectivity index (χ3n) is 4.02. The van der Waals surface area contributed by atoms with Gasteiger partial charge in [-0.1, -0.05) is 17.8 Å². The summed E-state index contributed by atoms with van der Waals surface area (Å²) in [7, 11) is 0. The molecule has 0 aliphatic heterocycles. The number of carbonyl (C=O) groups excluding carboxylic acids is 1. The van der Waals surface area contributed by atoms with E-state index in [4.69, 9.17) is 0 Å². The smallest absolute Gasteiger partial charge is 0.237 e. The number of hydrogen-bond acceptors (Lipinski definition) is 5. The number of tetrazole rings is 1. The van der Waals surface area contributed by atoms with Crippen LogP contribution in [0.2, 0.25) is 0 Å². The normalized spacial score (nSPS) is 12.0. The van der Waals surface area contributed by atoms with Gasteiger partial charge in [0, 0.05) is 6.07 Å². The predicted octanol–water partition coefficient (Wildman–Crippen LogP) is 3.68. The maximum atomic E-state index is 13.7. The molecule has 27 heavy (non-hydrogen) atoms. The second-order valence-electron chi connectivity index (χ2n) is 6.02. The molecule has 2 aromatic carbocycles. The van der Waals surface area contributed by atoms with Crippen molar-refractivity contribution in [3.8, 4) is 5.69 Å². The molecule has 0 aliphatic carbocycles. The van der Waals surface area contributed by atoms with Crippen LogP contribution in [-0.2, 0) is 4.79 Å². The Bertz CT molecular complexity index is 992. The van der Waals surface area contributed by atoms with Gasteiger partial charge in [-0.05, 0) is 66.6 Å². The molecule has 1 atom stereocenters. The van der Waals surface area contributed by atoms with Crippen molar-refractivity contribution in [1.29, 1.82) is 0 Å². The van der Waals surface area contributed by atoms with Gasteiger partial charge in [-0.2, -0.15) is 4.68 Å². The molecular weight excluding hydrogens is 372 g/mol. The lowest BCUT2D eigenvalue weighted by Crippen LogP contribution is -2.23. The van der Waals surface area contributed by atoms with Crippen LogP contribution < -0.4 is 5.32 Å². The lowest BCUT2D eigenvalue weighted by atomic mass is 10.1. The maximum absolute atomic E-state index is 13.7. The molecule has 140 valence electrons. The number of nitrogens with zero attached hydrogens (tertiary/aromatic N) is 4. The first kappa shape index (κ1) is 19.0. The molecule has 1 aromatic heterocycles. The molecule has 0 spiro atoms. The van der Waals surface area contributed by atoms with Crippen LogP contribution in [-0.4, -0.2) is 31.4 Å². The van der Waals surface area contributed by atoms with E-state index in [0.717, 1.165) is 34.6 Å². The highest BCUT2D eigenvalue weighted by atomic mass is 32.2. The van der Waals surface area contributed by atoms with E-state index in [1.807, 2.05) is 32.0 Å². The molecule has 0 bridgehead atoms. The molecule has 0 radical (unpaired) electrons. The number of nitrogens with one attached hydrogen (secondary N) is 1. The van der Waals surface area contributed by atoms with Crippen molar-refractivity contribution in [1.82, 2.24) is 20.2 Å². The Morgan fingerprint density at radius 2 is 1.93 bits per heavy atom. The Hall–Kier alpha value is -2.81. The van der Waals surface area contributed by atoms with Crippen molar-refractivity contribution >= 4 is 23.4 Å².